The fraction of sp³-hybridized carbons (Fsp3) is 0.471. The Kier molecular flexibility index (Phi) is 3.62. The van der Waals surface area contributed by atoms with Crippen LogP contribution in [0.15, 0.2) is 24.3 Å². The van der Waals surface area contributed by atoms with Crippen LogP contribution >= 0.6 is 0 Å². The molecule has 4 nitrogen and oxygen atoms in total. The van der Waals surface area contributed by atoms with Crippen molar-refractivity contribution < 1.29 is 4.79 Å². The van der Waals surface area contributed by atoms with Gasteiger partial charge >= 0.3 is 0 Å². The van der Waals surface area contributed by atoms with Crippen molar-refractivity contribution in [3.63, 3.8) is 0 Å². The highest BCUT2D eigenvalue weighted by atomic mass is 16.2. The van der Waals surface area contributed by atoms with Gasteiger partial charge < -0.3 is 15.6 Å². The zero-order valence-electron chi connectivity index (χ0n) is 12.7. The zero-order valence-corrected chi connectivity index (χ0v) is 12.7. The number of nitrogens with two attached hydrogens (primary N) is 1. The van der Waals surface area contributed by atoms with Crippen molar-refractivity contribution in [2.75, 3.05) is 18.8 Å². The summed E-state index contributed by atoms with van der Waals surface area (Å²) in [5.74, 6) is 1.56. The van der Waals surface area contributed by atoms with E-state index in [2.05, 4.69) is 18.8 Å². The summed E-state index contributed by atoms with van der Waals surface area (Å²) in [5, 5.41) is 0.996. The van der Waals surface area contributed by atoms with E-state index in [1.807, 2.05) is 29.2 Å². The van der Waals surface area contributed by atoms with E-state index in [9.17, 15) is 4.79 Å². The molecular weight excluding hydrogens is 262 g/mol. The van der Waals surface area contributed by atoms with Crippen LogP contribution in [0.5, 0.6) is 0 Å². The van der Waals surface area contributed by atoms with E-state index in [0.717, 1.165) is 48.4 Å². The van der Waals surface area contributed by atoms with Crippen LogP contribution in [-0.2, 0) is 0 Å². The molecule has 0 bridgehead atoms. The van der Waals surface area contributed by atoms with Crippen molar-refractivity contribution in [3.05, 3.63) is 30.0 Å². The number of carbonyl (C=O) groups is 1. The van der Waals surface area contributed by atoms with Crippen LogP contribution < -0.4 is 5.73 Å². The van der Waals surface area contributed by atoms with Gasteiger partial charge in [0.25, 0.3) is 5.91 Å². The molecule has 1 aromatic carbocycles. The Morgan fingerprint density at radius 2 is 2.00 bits per heavy atom. The van der Waals surface area contributed by atoms with E-state index in [1.54, 1.807) is 0 Å². The maximum atomic E-state index is 12.6. The first-order chi connectivity index (χ1) is 10.0. The fourth-order valence-electron chi connectivity index (χ4n) is 3.21. The molecule has 21 heavy (non-hydrogen) atoms. The summed E-state index contributed by atoms with van der Waals surface area (Å²) in [6.45, 7) is 6.26. The van der Waals surface area contributed by atoms with Crippen LogP contribution in [-0.4, -0.2) is 28.9 Å². The van der Waals surface area contributed by atoms with Gasteiger partial charge in [-0.25, -0.2) is 0 Å². The molecule has 1 amide bonds. The van der Waals surface area contributed by atoms with Crippen molar-refractivity contribution in [1.29, 1.82) is 0 Å². The first kappa shape index (κ1) is 14.0. The maximum absolute atomic E-state index is 12.6. The fourth-order valence-corrected chi connectivity index (χ4v) is 3.21. The summed E-state index contributed by atoms with van der Waals surface area (Å²) < 4.78 is 0. The van der Waals surface area contributed by atoms with Gasteiger partial charge in [-0.15, -0.1) is 0 Å². The second-order valence-electron chi connectivity index (χ2n) is 6.40. The van der Waals surface area contributed by atoms with Gasteiger partial charge in [-0.2, -0.15) is 0 Å². The second-order valence-corrected chi connectivity index (χ2v) is 6.40. The van der Waals surface area contributed by atoms with Crippen LogP contribution in [0.4, 0.5) is 5.69 Å². The summed E-state index contributed by atoms with van der Waals surface area (Å²) in [4.78, 5) is 17.8. The first-order valence-corrected chi connectivity index (χ1v) is 7.72. The van der Waals surface area contributed by atoms with E-state index >= 15 is 0 Å². The number of fused-ring (bicyclic) bond motifs is 1. The van der Waals surface area contributed by atoms with E-state index in [0.29, 0.717) is 11.6 Å². The third-order valence-electron chi connectivity index (χ3n) is 4.64. The first-order valence-electron chi connectivity index (χ1n) is 7.72. The second kappa shape index (κ2) is 5.43. The largest absolute Gasteiger partial charge is 0.399 e. The molecule has 1 fully saturated rings. The lowest BCUT2D eigenvalue weighted by molar-refractivity contribution is 0.0663. The normalized spacial score (nSPS) is 16.8. The number of rotatable bonds is 2. The number of nitrogens with one attached hydrogen (secondary N) is 1. The number of carbonyl (C=O) groups excluding carboxylic acids is 1. The average Bonchev–Trinajstić information content (AvgIpc) is 2.89. The van der Waals surface area contributed by atoms with Gasteiger partial charge in [0.2, 0.25) is 0 Å². The number of aromatic amines is 1. The third-order valence-corrected chi connectivity index (χ3v) is 4.64. The average molecular weight is 285 g/mol. The van der Waals surface area contributed by atoms with E-state index in [-0.39, 0.29) is 5.91 Å². The van der Waals surface area contributed by atoms with Crippen LogP contribution in [0.3, 0.4) is 0 Å². The number of anilines is 1. The Hall–Kier alpha value is -1.97. The number of nitrogen functional groups attached to an aromatic ring is 1. The predicted molar refractivity (Wildman–Crippen MR) is 86.2 cm³/mol. The summed E-state index contributed by atoms with van der Waals surface area (Å²) in [5.41, 5.74) is 8.13. The monoisotopic (exact) mass is 285 g/mol. The molecule has 1 aliphatic rings. The molecule has 2 heterocycles. The number of piperidine rings is 1. The van der Waals surface area contributed by atoms with Crippen molar-refractivity contribution in [1.82, 2.24) is 9.88 Å². The van der Waals surface area contributed by atoms with Crippen LogP contribution in [0.25, 0.3) is 10.9 Å². The van der Waals surface area contributed by atoms with E-state index in [4.69, 9.17) is 5.73 Å². The Morgan fingerprint density at radius 3 is 2.67 bits per heavy atom. The number of likely N-dealkylation sites (tertiary alicyclic amines) is 1. The smallest absolute Gasteiger partial charge is 0.270 e. The number of hydrogen-bond acceptors (Lipinski definition) is 2. The lowest BCUT2D eigenvalue weighted by atomic mass is 9.86. The number of benzene rings is 1. The number of nitrogens with zero attached hydrogens (tertiary/aromatic N) is 1. The molecule has 2 aromatic rings. The van der Waals surface area contributed by atoms with Crippen molar-refractivity contribution in [2.45, 2.75) is 26.7 Å². The minimum atomic E-state index is 0.104. The van der Waals surface area contributed by atoms with Gasteiger partial charge in [-0.1, -0.05) is 13.8 Å². The number of H-pyrrole nitrogens is 1. The molecule has 0 atom stereocenters. The molecule has 1 aliphatic heterocycles. The molecule has 3 N–H and O–H groups in total. The van der Waals surface area contributed by atoms with Crippen molar-refractivity contribution in [2.24, 2.45) is 11.8 Å². The van der Waals surface area contributed by atoms with Gasteiger partial charge in [0.05, 0.1) is 0 Å². The molecule has 3 rings (SSSR count). The van der Waals surface area contributed by atoms with Crippen LogP contribution in [0, 0.1) is 11.8 Å². The summed E-state index contributed by atoms with van der Waals surface area (Å²) >= 11 is 0. The SMILES string of the molecule is CC(C)C1CCN(C(=O)c2cc3cc(N)ccc3[nH]2)CC1. The van der Waals surface area contributed by atoms with Crippen molar-refractivity contribution >= 4 is 22.5 Å². The number of aromatic nitrogens is 1. The standard InChI is InChI=1S/C17H23N3O/c1-11(2)12-5-7-20(8-6-12)17(21)16-10-13-9-14(18)3-4-15(13)19-16/h3-4,9-12,19H,5-8,18H2,1-2H3. The number of amides is 1. The molecule has 0 unspecified atom stereocenters. The van der Waals surface area contributed by atoms with Gasteiger partial charge in [0.1, 0.15) is 5.69 Å². The highest BCUT2D eigenvalue weighted by Gasteiger charge is 2.25. The molecule has 0 aliphatic carbocycles. The molecule has 0 radical (unpaired) electrons. The van der Waals surface area contributed by atoms with Gasteiger partial charge in [0.15, 0.2) is 0 Å². The quantitative estimate of drug-likeness (QED) is 0.832. The summed E-state index contributed by atoms with van der Waals surface area (Å²) in [7, 11) is 0. The molecule has 112 valence electrons. The van der Waals surface area contributed by atoms with E-state index < -0.39 is 0 Å². The molecule has 1 saturated heterocycles. The molecule has 4 heteroatoms. The minimum absolute atomic E-state index is 0.104. The third kappa shape index (κ3) is 2.75. The molecular formula is C17H23N3O. The number of hydrogen-bond donors (Lipinski definition) is 2. The highest BCUT2D eigenvalue weighted by Crippen LogP contribution is 2.26. The highest BCUT2D eigenvalue weighted by molar-refractivity contribution is 5.98. The van der Waals surface area contributed by atoms with Gasteiger partial charge in [-0.05, 0) is 48.9 Å². The Morgan fingerprint density at radius 1 is 1.29 bits per heavy atom. The summed E-state index contributed by atoms with van der Waals surface area (Å²) in [6, 6.07) is 7.57. The van der Waals surface area contributed by atoms with Crippen LogP contribution in [0.1, 0.15) is 37.2 Å². The van der Waals surface area contributed by atoms with Gasteiger partial charge in [-0.3, -0.25) is 4.79 Å². The molecule has 0 spiro atoms. The lowest BCUT2D eigenvalue weighted by Crippen LogP contribution is -2.39. The zero-order chi connectivity index (χ0) is 15.0. The summed E-state index contributed by atoms with van der Waals surface area (Å²) in [6.07, 6.45) is 2.22. The molecule has 1 aromatic heterocycles. The Bertz CT molecular complexity index is 651. The lowest BCUT2D eigenvalue weighted by Gasteiger charge is -2.33. The Labute approximate surface area is 125 Å². The van der Waals surface area contributed by atoms with Crippen molar-refractivity contribution in [3.8, 4) is 0 Å². The minimum Gasteiger partial charge on any atom is -0.399 e. The van der Waals surface area contributed by atoms with E-state index in [1.165, 1.54) is 0 Å². The predicted octanol–water partition coefficient (Wildman–Crippen LogP) is 3.26. The molecule has 0 saturated carbocycles. The topological polar surface area (TPSA) is 62.1 Å². The van der Waals surface area contributed by atoms with Crippen LogP contribution in [0.2, 0.25) is 0 Å². The van der Waals surface area contributed by atoms with Gasteiger partial charge in [0, 0.05) is 29.7 Å². The Balaban J connectivity index is 1.75. The maximum Gasteiger partial charge on any atom is 0.270 e.